The number of hydrogen-bond acceptors (Lipinski definition) is 13. The molecule has 0 fully saturated rings. The third kappa shape index (κ3) is 18.8. The fourth-order valence-electron chi connectivity index (χ4n) is 3.77. The summed E-state index contributed by atoms with van der Waals surface area (Å²) in [5.74, 6) is -4.24. The van der Waals surface area contributed by atoms with Crippen LogP contribution in [0, 0.1) is 6.92 Å². The van der Waals surface area contributed by atoms with Crippen molar-refractivity contribution in [2.45, 2.75) is 92.8 Å². The average Bonchev–Trinajstić information content (AvgIpc) is 3.17. The van der Waals surface area contributed by atoms with Gasteiger partial charge in [0.05, 0.1) is 6.61 Å². The van der Waals surface area contributed by atoms with Crippen LogP contribution in [0.25, 0.3) is 0 Å². The van der Waals surface area contributed by atoms with Crippen LogP contribution in [0.15, 0.2) is 0 Å². The number of carbonyl (C=O) groups is 6. The van der Waals surface area contributed by atoms with E-state index < -0.39 is 76.1 Å². The fourth-order valence-corrected chi connectivity index (χ4v) is 3.77. The van der Waals surface area contributed by atoms with Gasteiger partial charge in [0.15, 0.2) is 18.3 Å². The number of hydrogen-bond donors (Lipinski definition) is 0. The van der Waals surface area contributed by atoms with E-state index in [1.807, 2.05) is 0 Å². The molecule has 0 aromatic carbocycles. The van der Waals surface area contributed by atoms with Gasteiger partial charge < -0.3 is 28.4 Å². The second-order valence-electron chi connectivity index (χ2n) is 9.55. The molecule has 0 amide bonds. The normalized spacial score (nSPS) is 15.3. The molecule has 4 atom stereocenters. The molecular formula is C24H36Cl6N3O12Sb. The van der Waals surface area contributed by atoms with Crippen LogP contribution in [0.2, 0.25) is 0 Å². The van der Waals surface area contributed by atoms with Crippen molar-refractivity contribution in [1.29, 1.82) is 0 Å². The Bertz CT molecular complexity index is 1290. The Morgan fingerprint density at radius 2 is 1.17 bits per heavy atom. The van der Waals surface area contributed by atoms with Crippen molar-refractivity contribution in [2.75, 3.05) is 13.2 Å². The first kappa shape index (κ1) is 44.5. The van der Waals surface area contributed by atoms with Gasteiger partial charge in [-0.05, 0) is 25.8 Å². The van der Waals surface area contributed by atoms with Gasteiger partial charge in [-0.3, -0.25) is 24.0 Å². The van der Waals surface area contributed by atoms with Crippen molar-refractivity contribution in [3.63, 3.8) is 0 Å². The van der Waals surface area contributed by atoms with E-state index in [0.29, 0.717) is 5.82 Å². The molecule has 0 spiro atoms. The van der Waals surface area contributed by atoms with Gasteiger partial charge in [0.2, 0.25) is 6.10 Å². The molecule has 266 valence electrons. The van der Waals surface area contributed by atoms with Crippen molar-refractivity contribution in [3.05, 3.63) is 11.6 Å². The summed E-state index contributed by atoms with van der Waals surface area (Å²) in [6.07, 6.45) is -7.55. The maximum absolute atomic E-state index is 13.1. The van der Waals surface area contributed by atoms with E-state index in [1.54, 1.807) is 27.7 Å². The number of aromatic nitrogens is 3. The molecule has 46 heavy (non-hydrogen) atoms. The van der Waals surface area contributed by atoms with Crippen molar-refractivity contribution in [2.24, 2.45) is 0 Å². The summed E-state index contributed by atoms with van der Waals surface area (Å²) in [4.78, 5) is 77.6. The van der Waals surface area contributed by atoms with E-state index in [2.05, 4.69) is 4.98 Å². The predicted molar refractivity (Wildman–Crippen MR) is 169 cm³/mol. The standard InChI is InChI=1S/C24H36N3O12.6ClH.Sb/c1-10-34-24(33)27-23(25-13(4)26(27)12(2)3)22(39-18(9)32)21(38-17(8)31)20(37-16(7)30)19(36-15(6)29)11-35-14(5)28;;;;;;;/h12,19-22H,10-11H2,1-9H3;6*1H;/q+1;;;;;;;+5/p-6/t19-,20-,21-,22+;;;;;;;/m1......./s1. The van der Waals surface area contributed by atoms with Crippen molar-refractivity contribution in [1.82, 2.24) is 9.67 Å². The van der Waals surface area contributed by atoms with Gasteiger partial charge in [-0.1, -0.05) is 4.68 Å². The zero-order valence-electron chi connectivity index (χ0n) is 26.3. The molecule has 0 aliphatic heterocycles. The average molecular weight is 893 g/mol. The Morgan fingerprint density at radius 3 is 1.54 bits per heavy atom. The fraction of sp³-hybridized carbons (Fsp3) is 0.667. The zero-order valence-corrected chi connectivity index (χ0v) is 33.3. The molecule has 0 saturated heterocycles. The first-order valence-corrected chi connectivity index (χ1v) is 32.5. The molecule has 1 rings (SSSR count). The maximum atomic E-state index is 13.1. The van der Waals surface area contributed by atoms with Gasteiger partial charge in [-0.25, -0.2) is 4.79 Å². The van der Waals surface area contributed by atoms with Gasteiger partial charge in [0, 0.05) is 41.5 Å². The molecule has 0 saturated carbocycles. The van der Waals surface area contributed by atoms with Gasteiger partial charge in [0.25, 0.3) is 0 Å². The van der Waals surface area contributed by atoms with Gasteiger partial charge in [-0.2, -0.15) is 0 Å². The molecular weight excluding hydrogens is 857 g/mol. The van der Waals surface area contributed by atoms with Crippen molar-refractivity contribution >= 4 is 98.1 Å². The first-order valence-electron chi connectivity index (χ1n) is 13.1. The van der Waals surface area contributed by atoms with E-state index in [-0.39, 0.29) is 18.5 Å². The number of halogens is 6. The SMILES string of the molecule is CCOC(=O)n1c([C@@H](OC(C)=O)[C@H](OC(C)=O)[C@H](OC(C)=O)[C@@H](COC(C)=O)OC(C)=O)nc(C)[n+]1C(C)C.[Cl][Sb-]([Cl])([Cl])([Cl])([Cl])[Cl]. The Labute approximate surface area is 285 Å². The summed E-state index contributed by atoms with van der Waals surface area (Å²) in [6, 6.07) is -0.345. The van der Waals surface area contributed by atoms with Gasteiger partial charge in [-0.15, -0.1) is 4.68 Å². The van der Waals surface area contributed by atoms with Crippen LogP contribution in [0.5, 0.6) is 0 Å². The van der Waals surface area contributed by atoms with Crippen LogP contribution in [0.4, 0.5) is 4.79 Å². The van der Waals surface area contributed by atoms with E-state index in [9.17, 15) is 28.8 Å². The molecule has 15 nitrogen and oxygen atoms in total. The summed E-state index contributed by atoms with van der Waals surface area (Å²) < 4.78 is 34.2. The first-order chi connectivity index (χ1) is 20.5. The number of aryl methyl sites for hydroxylation is 1. The topological polar surface area (TPSA) is 180 Å². The van der Waals surface area contributed by atoms with Gasteiger partial charge >= 0.3 is 110 Å². The Kier molecular flexibility index (Phi) is 16.7. The third-order valence-electron chi connectivity index (χ3n) is 4.88. The molecule has 0 unspecified atom stereocenters. The molecule has 0 aliphatic rings. The minimum absolute atomic E-state index is 0.00775. The molecule has 0 N–H and O–H groups in total. The number of esters is 5. The Balaban J connectivity index is 0.00000258. The van der Waals surface area contributed by atoms with Crippen LogP contribution in [-0.4, -0.2) is 86.3 Å². The predicted octanol–water partition coefficient (Wildman–Crippen LogP) is 4.78. The third-order valence-corrected chi connectivity index (χ3v) is 4.88. The van der Waals surface area contributed by atoms with Crippen LogP contribution in [0.1, 0.15) is 79.2 Å². The Hall–Kier alpha value is -1.48. The molecule has 22 heteroatoms. The minimum atomic E-state index is -5.42. The molecule has 0 aliphatic carbocycles. The van der Waals surface area contributed by atoms with Crippen molar-refractivity contribution < 1.29 is 61.9 Å². The van der Waals surface area contributed by atoms with E-state index in [1.165, 1.54) is 4.68 Å². The molecule has 1 aromatic heterocycles. The van der Waals surface area contributed by atoms with Crippen LogP contribution in [-0.2, 0) is 52.4 Å². The molecule has 0 bridgehead atoms. The number of rotatable bonds is 12. The number of nitrogens with zero attached hydrogens (tertiary/aromatic N) is 3. The molecule has 1 aromatic rings. The van der Waals surface area contributed by atoms with Crippen LogP contribution in [0.3, 0.4) is 0 Å². The summed E-state index contributed by atoms with van der Waals surface area (Å²) in [6.45, 7) is 11.3. The summed E-state index contributed by atoms with van der Waals surface area (Å²) in [5.41, 5.74) is 0. The number of carbonyl (C=O) groups excluding carboxylic acids is 6. The second-order valence-corrected chi connectivity index (χ2v) is 66.5. The van der Waals surface area contributed by atoms with Crippen molar-refractivity contribution in [3.8, 4) is 0 Å². The van der Waals surface area contributed by atoms with Gasteiger partial charge in [0.1, 0.15) is 12.6 Å². The number of ether oxygens (including phenoxy) is 6. The molecule has 1 heterocycles. The van der Waals surface area contributed by atoms with E-state index in [4.69, 9.17) is 81.4 Å². The zero-order chi connectivity index (χ0) is 36.4. The second kappa shape index (κ2) is 17.3. The quantitative estimate of drug-likeness (QED) is 0.121. The van der Waals surface area contributed by atoms with E-state index >= 15 is 0 Å². The Morgan fingerprint density at radius 1 is 0.739 bits per heavy atom. The van der Waals surface area contributed by atoms with E-state index in [0.717, 1.165) is 39.3 Å². The molecule has 0 radical (unpaired) electrons. The monoisotopic (exact) mass is 889 g/mol. The van der Waals surface area contributed by atoms with Crippen LogP contribution < -0.4 is 4.68 Å². The summed E-state index contributed by atoms with van der Waals surface area (Å²) in [5, 5.41) is 0. The summed E-state index contributed by atoms with van der Waals surface area (Å²) >= 11 is 0. The summed E-state index contributed by atoms with van der Waals surface area (Å²) in [7, 11) is 25.0. The van der Waals surface area contributed by atoms with Crippen LogP contribution >= 0.6 is 53.0 Å².